The van der Waals surface area contributed by atoms with Crippen LogP contribution >= 0.6 is 0 Å². The molecule has 3 rings (SSSR count). The molecule has 1 N–H and O–H groups in total. The second-order valence-corrected chi connectivity index (χ2v) is 6.91. The van der Waals surface area contributed by atoms with Crippen LogP contribution in [0.3, 0.4) is 0 Å². The van der Waals surface area contributed by atoms with E-state index in [0.717, 1.165) is 24.3 Å². The van der Waals surface area contributed by atoms with Gasteiger partial charge in [0, 0.05) is 23.6 Å². The Labute approximate surface area is 180 Å². The predicted octanol–water partition coefficient (Wildman–Crippen LogP) is 5.48. The maximum Gasteiger partial charge on any atom is 0.416 e. The van der Waals surface area contributed by atoms with Crippen molar-refractivity contribution in [3.05, 3.63) is 94.3 Å². The normalized spacial score (nSPS) is 11.9. The number of hydrogen-bond acceptors (Lipinski definition) is 4. The number of allylic oxidation sites excluding steroid dienone is 1. The minimum Gasteiger partial charge on any atom is -0.322 e. The number of Topliss-reactive ketones (excluding diaryl/α,β-unsaturated/α-hetero) is 1. The van der Waals surface area contributed by atoms with Crippen LogP contribution in [0.5, 0.6) is 0 Å². The van der Waals surface area contributed by atoms with Crippen molar-refractivity contribution in [2.24, 2.45) is 0 Å². The fraction of sp³-hybridized carbons (Fsp3) is 0.130. The first-order valence-corrected chi connectivity index (χ1v) is 9.35. The van der Waals surface area contributed by atoms with Crippen molar-refractivity contribution in [1.82, 2.24) is 9.97 Å². The molecule has 0 aliphatic rings. The van der Waals surface area contributed by atoms with Gasteiger partial charge in [-0.3, -0.25) is 19.6 Å². The number of anilines is 1. The van der Waals surface area contributed by atoms with Gasteiger partial charge in [-0.05, 0) is 61.9 Å². The zero-order chi connectivity index (χ0) is 23.5. The highest BCUT2D eigenvalue weighted by atomic mass is 19.4. The Hall–Kier alpha value is -3.88. The van der Waals surface area contributed by atoms with E-state index >= 15 is 0 Å². The van der Waals surface area contributed by atoms with Crippen molar-refractivity contribution in [3.8, 4) is 0 Å². The molecule has 1 amide bonds. The molecule has 0 saturated heterocycles. The van der Waals surface area contributed by atoms with E-state index in [0.29, 0.717) is 17.5 Å². The molecule has 0 aliphatic heterocycles. The van der Waals surface area contributed by atoms with Gasteiger partial charge in [0.25, 0.3) is 5.91 Å². The number of nitrogens with zero attached hydrogens (tertiary/aromatic N) is 2. The molecule has 0 unspecified atom stereocenters. The highest BCUT2D eigenvalue weighted by Gasteiger charge is 2.31. The average molecular weight is 443 g/mol. The Bertz CT molecular complexity index is 1220. The van der Waals surface area contributed by atoms with Crippen LogP contribution in [0, 0.1) is 12.7 Å². The van der Waals surface area contributed by atoms with E-state index in [-0.39, 0.29) is 22.4 Å². The molecular weight excluding hydrogens is 426 g/mol. The average Bonchev–Trinajstić information content (AvgIpc) is 2.75. The second kappa shape index (κ2) is 9.09. The number of halogens is 4. The minimum atomic E-state index is -4.60. The largest absolute Gasteiger partial charge is 0.416 e. The van der Waals surface area contributed by atoms with Crippen molar-refractivity contribution in [1.29, 1.82) is 0 Å². The molecule has 0 bridgehead atoms. The first-order valence-electron chi connectivity index (χ1n) is 9.35. The number of carbonyl (C=O) groups is 2. The van der Waals surface area contributed by atoms with Crippen LogP contribution in [0.25, 0.3) is 6.08 Å². The van der Waals surface area contributed by atoms with Gasteiger partial charge in [-0.1, -0.05) is 6.07 Å². The summed E-state index contributed by atoms with van der Waals surface area (Å²) >= 11 is 0. The molecule has 0 saturated carbocycles. The first-order chi connectivity index (χ1) is 15.1. The zero-order valence-corrected chi connectivity index (χ0v) is 17.0. The number of nitrogens with one attached hydrogen (secondary N) is 1. The second-order valence-electron chi connectivity index (χ2n) is 6.91. The Kier molecular flexibility index (Phi) is 6.47. The van der Waals surface area contributed by atoms with Crippen molar-refractivity contribution in [3.63, 3.8) is 0 Å². The van der Waals surface area contributed by atoms with Crippen molar-refractivity contribution in [2.45, 2.75) is 20.0 Å². The Balaban J connectivity index is 1.85. The Morgan fingerprint density at radius 2 is 1.75 bits per heavy atom. The number of benzene rings is 2. The molecule has 32 heavy (non-hydrogen) atoms. The number of carbonyl (C=O) groups excluding carboxylic acids is 2. The highest BCUT2D eigenvalue weighted by molar-refractivity contribution is 6.12. The maximum atomic E-state index is 14.3. The molecule has 2 aromatic carbocycles. The van der Waals surface area contributed by atoms with Crippen LogP contribution in [0.2, 0.25) is 0 Å². The maximum absolute atomic E-state index is 14.3. The number of alkyl halides is 3. The van der Waals surface area contributed by atoms with Crippen molar-refractivity contribution < 1.29 is 27.2 Å². The summed E-state index contributed by atoms with van der Waals surface area (Å²) in [4.78, 5) is 33.3. The molecule has 3 aromatic rings. The standard InChI is InChI=1S/C23H17F4N3O2/c1-13(10-20-14(2)28-8-9-29-20)21(31)18-12-17(6-7-19(18)24)30-22(32)15-4-3-5-16(11-15)23(25,26)27/h3-12H,1-2H3,(H,30,32)/b13-10+. The van der Waals surface area contributed by atoms with Gasteiger partial charge in [0.05, 0.1) is 22.5 Å². The lowest BCUT2D eigenvalue weighted by Gasteiger charge is -2.11. The topological polar surface area (TPSA) is 72.0 Å². The van der Waals surface area contributed by atoms with Gasteiger partial charge in [0.15, 0.2) is 5.78 Å². The van der Waals surface area contributed by atoms with E-state index in [1.54, 1.807) is 6.92 Å². The Morgan fingerprint density at radius 1 is 1.03 bits per heavy atom. The summed E-state index contributed by atoms with van der Waals surface area (Å²) in [6.07, 6.45) is -0.170. The third-order valence-electron chi connectivity index (χ3n) is 4.55. The third kappa shape index (κ3) is 5.23. The number of aromatic nitrogens is 2. The first kappa shape index (κ1) is 22.8. The lowest BCUT2D eigenvalue weighted by molar-refractivity contribution is -0.137. The fourth-order valence-corrected chi connectivity index (χ4v) is 2.86. The van der Waals surface area contributed by atoms with E-state index in [1.165, 1.54) is 37.5 Å². The van der Waals surface area contributed by atoms with Gasteiger partial charge in [0.2, 0.25) is 0 Å². The zero-order valence-electron chi connectivity index (χ0n) is 17.0. The van der Waals surface area contributed by atoms with E-state index in [4.69, 9.17) is 0 Å². The van der Waals surface area contributed by atoms with Gasteiger partial charge in [-0.2, -0.15) is 13.2 Å². The fourth-order valence-electron chi connectivity index (χ4n) is 2.86. The van der Waals surface area contributed by atoms with Crippen LogP contribution in [0.4, 0.5) is 23.2 Å². The molecule has 0 radical (unpaired) electrons. The van der Waals surface area contributed by atoms with E-state index < -0.39 is 29.2 Å². The lowest BCUT2D eigenvalue weighted by Crippen LogP contribution is -2.14. The van der Waals surface area contributed by atoms with Gasteiger partial charge >= 0.3 is 6.18 Å². The van der Waals surface area contributed by atoms with E-state index in [2.05, 4.69) is 15.3 Å². The van der Waals surface area contributed by atoms with Gasteiger partial charge in [-0.15, -0.1) is 0 Å². The molecule has 0 spiro atoms. The SMILES string of the molecule is C/C(=C\c1nccnc1C)C(=O)c1cc(NC(=O)c2cccc(C(F)(F)F)c2)ccc1F. The summed E-state index contributed by atoms with van der Waals surface area (Å²) in [6.45, 7) is 3.20. The number of hydrogen-bond donors (Lipinski definition) is 1. The van der Waals surface area contributed by atoms with Crippen LogP contribution in [0.15, 0.2) is 60.4 Å². The monoisotopic (exact) mass is 443 g/mol. The molecule has 9 heteroatoms. The van der Waals surface area contributed by atoms with E-state index in [1.807, 2.05) is 0 Å². The summed E-state index contributed by atoms with van der Waals surface area (Å²) in [7, 11) is 0. The lowest BCUT2D eigenvalue weighted by atomic mass is 10.0. The molecule has 0 aliphatic carbocycles. The number of amides is 1. The molecule has 164 valence electrons. The summed E-state index contributed by atoms with van der Waals surface area (Å²) < 4.78 is 53.0. The molecule has 1 heterocycles. The predicted molar refractivity (Wildman–Crippen MR) is 111 cm³/mol. The van der Waals surface area contributed by atoms with Gasteiger partial charge in [-0.25, -0.2) is 4.39 Å². The summed E-state index contributed by atoms with van der Waals surface area (Å²) in [6, 6.07) is 7.22. The molecule has 5 nitrogen and oxygen atoms in total. The summed E-state index contributed by atoms with van der Waals surface area (Å²) in [5.41, 5.74) is -0.224. The number of ketones is 1. The summed E-state index contributed by atoms with van der Waals surface area (Å²) in [5, 5.41) is 2.39. The molecule has 1 aromatic heterocycles. The number of aryl methyl sites for hydroxylation is 1. The number of rotatable bonds is 5. The van der Waals surface area contributed by atoms with Gasteiger partial charge in [0.1, 0.15) is 5.82 Å². The minimum absolute atomic E-state index is 0.0562. The van der Waals surface area contributed by atoms with Crippen LogP contribution < -0.4 is 5.32 Å². The quantitative estimate of drug-likeness (QED) is 0.322. The van der Waals surface area contributed by atoms with E-state index in [9.17, 15) is 27.2 Å². The van der Waals surface area contributed by atoms with Crippen LogP contribution in [-0.4, -0.2) is 21.7 Å². The van der Waals surface area contributed by atoms with Crippen molar-refractivity contribution in [2.75, 3.05) is 5.32 Å². The molecule has 0 atom stereocenters. The highest BCUT2D eigenvalue weighted by Crippen LogP contribution is 2.29. The summed E-state index contributed by atoms with van der Waals surface area (Å²) in [5.74, 6) is -2.28. The third-order valence-corrected chi connectivity index (χ3v) is 4.55. The van der Waals surface area contributed by atoms with Crippen molar-refractivity contribution >= 4 is 23.5 Å². The molecular formula is C23H17F4N3O2. The van der Waals surface area contributed by atoms with Crippen LogP contribution in [-0.2, 0) is 6.18 Å². The van der Waals surface area contributed by atoms with Crippen LogP contribution in [0.1, 0.15) is 44.6 Å². The molecule has 0 fully saturated rings. The Morgan fingerprint density at radius 3 is 2.44 bits per heavy atom. The van der Waals surface area contributed by atoms with Gasteiger partial charge < -0.3 is 5.32 Å². The smallest absolute Gasteiger partial charge is 0.322 e.